The van der Waals surface area contributed by atoms with Gasteiger partial charge in [-0.15, -0.1) is 0 Å². The molecule has 1 aromatic carbocycles. The minimum Gasteiger partial charge on any atom is -0.466 e. The van der Waals surface area contributed by atoms with E-state index in [1.165, 1.54) is 5.56 Å². The van der Waals surface area contributed by atoms with Crippen molar-refractivity contribution in [3.8, 4) is 0 Å². The summed E-state index contributed by atoms with van der Waals surface area (Å²) in [7, 11) is 0. The van der Waals surface area contributed by atoms with Crippen LogP contribution in [0.2, 0.25) is 0 Å². The maximum absolute atomic E-state index is 11.4. The summed E-state index contributed by atoms with van der Waals surface area (Å²) in [5, 5.41) is 0. The Morgan fingerprint density at radius 2 is 1.83 bits per heavy atom. The summed E-state index contributed by atoms with van der Waals surface area (Å²) in [5.41, 5.74) is 8.34. The second-order valence-corrected chi connectivity index (χ2v) is 5.49. The number of hydrogen-bond acceptors (Lipinski definition) is 3. The van der Waals surface area contributed by atoms with Gasteiger partial charge in [0.05, 0.1) is 13.0 Å². The van der Waals surface area contributed by atoms with Crippen LogP contribution in [0.15, 0.2) is 24.3 Å². The zero-order valence-electron chi connectivity index (χ0n) is 11.7. The number of rotatable bonds is 4. The zero-order chi connectivity index (χ0) is 13.8. The number of nitrogens with two attached hydrogens (primary N) is 1. The third kappa shape index (κ3) is 4.15. The monoisotopic (exact) mass is 249 g/mol. The highest BCUT2D eigenvalue weighted by Gasteiger charge is 2.16. The third-order valence-corrected chi connectivity index (χ3v) is 2.90. The highest BCUT2D eigenvalue weighted by Crippen LogP contribution is 2.24. The molecule has 0 fully saturated rings. The van der Waals surface area contributed by atoms with E-state index in [9.17, 15) is 4.79 Å². The summed E-state index contributed by atoms with van der Waals surface area (Å²) in [4.78, 5) is 11.4. The lowest BCUT2D eigenvalue weighted by atomic mass is 9.86. The van der Waals surface area contributed by atoms with E-state index in [1.54, 1.807) is 6.92 Å². The van der Waals surface area contributed by atoms with Gasteiger partial charge in [0.15, 0.2) is 0 Å². The third-order valence-electron chi connectivity index (χ3n) is 2.90. The molecule has 0 aliphatic heterocycles. The van der Waals surface area contributed by atoms with Crippen molar-refractivity contribution in [2.45, 2.75) is 45.6 Å². The molecule has 1 atom stereocenters. The molecule has 0 heterocycles. The zero-order valence-corrected chi connectivity index (χ0v) is 11.7. The second kappa shape index (κ2) is 6.01. The Balaban J connectivity index is 2.70. The lowest BCUT2D eigenvalue weighted by Gasteiger charge is -2.20. The predicted molar refractivity (Wildman–Crippen MR) is 73.3 cm³/mol. The van der Waals surface area contributed by atoms with Crippen LogP contribution in [0, 0.1) is 0 Å². The van der Waals surface area contributed by atoms with Crippen molar-refractivity contribution in [3.05, 3.63) is 35.4 Å². The van der Waals surface area contributed by atoms with Gasteiger partial charge in [0.25, 0.3) is 0 Å². The van der Waals surface area contributed by atoms with Crippen LogP contribution < -0.4 is 5.73 Å². The Bertz CT molecular complexity index is 390. The molecule has 0 aliphatic carbocycles. The van der Waals surface area contributed by atoms with Crippen LogP contribution in [-0.2, 0) is 14.9 Å². The Labute approximate surface area is 109 Å². The van der Waals surface area contributed by atoms with Crippen LogP contribution in [0.3, 0.4) is 0 Å². The highest BCUT2D eigenvalue weighted by atomic mass is 16.5. The molecule has 3 heteroatoms. The van der Waals surface area contributed by atoms with Crippen LogP contribution in [0.25, 0.3) is 0 Å². The van der Waals surface area contributed by atoms with E-state index < -0.39 is 0 Å². The molecule has 1 aromatic rings. The van der Waals surface area contributed by atoms with E-state index >= 15 is 0 Å². The van der Waals surface area contributed by atoms with E-state index in [0.29, 0.717) is 6.61 Å². The average Bonchev–Trinajstić information content (AvgIpc) is 2.28. The topological polar surface area (TPSA) is 52.3 Å². The van der Waals surface area contributed by atoms with Crippen molar-refractivity contribution in [2.24, 2.45) is 5.73 Å². The normalized spacial score (nSPS) is 13.2. The molecule has 0 saturated carbocycles. The van der Waals surface area contributed by atoms with Crippen LogP contribution in [0.4, 0.5) is 0 Å². The van der Waals surface area contributed by atoms with Crippen molar-refractivity contribution in [2.75, 3.05) is 6.61 Å². The van der Waals surface area contributed by atoms with E-state index in [4.69, 9.17) is 10.5 Å². The summed E-state index contributed by atoms with van der Waals surface area (Å²) >= 11 is 0. The van der Waals surface area contributed by atoms with Gasteiger partial charge in [-0.25, -0.2) is 0 Å². The molecule has 1 unspecified atom stereocenters. The minimum atomic E-state index is -0.293. The number of hydrogen-bond donors (Lipinski definition) is 1. The molecular weight excluding hydrogens is 226 g/mol. The van der Waals surface area contributed by atoms with Gasteiger partial charge in [-0.3, -0.25) is 4.79 Å². The van der Waals surface area contributed by atoms with E-state index in [1.807, 2.05) is 12.1 Å². The maximum atomic E-state index is 11.4. The van der Waals surface area contributed by atoms with Crippen molar-refractivity contribution >= 4 is 5.97 Å². The second-order valence-electron chi connectivity index (χ2n) is 5.49. The van der Waals surface area contributed by atoms with Crippen LogP contribution in [-0.4, -0.2) is 12.6 Å². The number of benzene rings is 1. The Kier molecular flexibility index (Phi) is 4.91. The van der Waals surface area contributed by atoms with Crippen molar-refractivity contribution in [3.63, 3.8) is 0 Å². The van der Waals surface area contributed by atoms with E-state index in [-0.39, 0.29) is 23.8 Å². The minimum absolute atomic E-state index is 0.129. The number of carbonyl (C=O) groups is 1. The Hall–Kier alpha value is -1.35. The molecule has 0 bridgehead atoms. The summed E-state index contributed by atoms with van der Waals surface area (Å²) in [6.07, 6.45) is 0.225. The number of esters is 1. The quantitative estimate of drug-likeness (QED) is 0.835. The molecule has 0 radical (unpaired) electrons. The summed E-state index contributed by atoms with van der Waals surface area (Å²) in [6.45, 7) is 8.69. The molecule has 2 N–H and O–H groups in total. The number of carbonyl (C=O) groups excluding carboxylic acids is 1. The first-order valence-electron chi connectivity index (χ1n) is 6.36. The summed E-state index contributed by atoms with van der Waals surface area (Å²) in [6, 6.07) is 7.83. The van der Waals surface area contributed by atoms with E-state index in [0.717, 1.165) is 5.56 Å². The highest BCUT2D eigenvalue weighted by molar-refractivity contribution is 5.70. The van der Waals surface area contributed by atoms with Gasteiger partial charge in [-0.1, -0.05) is 45.0 Å². The van der Waals surface area contributed by atoms with Gasteiger partial charge < -0.3 is 10.5 Å². The van der Waals surface area contributed by atoms with Gasteiger partial charge >= 0.3 is 5.97 Å². The molecule has 18 heavy (non-hydrogen) atoms. The van der Waals surface area contributed by atoms with Crippen molar-refractivity contribution in [1.82, 2.24) is 0 Å². The van der Waals surface area contributed by atoms with Gasteiger partial charge in [-0.2, -0.15) is 0 Å². The summed E-state index contributed by atoms with van der Waals surface area (Å²) < 4.78 is 4.89. The molecule has 100 valence electrons. The lowest BCUT2D eigenvalue weighted by molar-refractivity contribution is -0.143. The van der Waals surface area contributed by atoms with E-state index in [2.05, 4.69) is 32.9 Å². The van der Waals surface area contributed by atoms with Crippen LogP contribution in [0.1, 0.15) is 51.3 Å². The first-order chi connectivity index (χ1) is 8.34. The Morgan fingerprint density at radius 3 is 2.28 bits per heavy atom. The van der Waals surface area contributed by atoms with Gasteiger partial charge in [0, 0.05) is 6.04 Å². The van der Waals surface area contributed by atoms with Crippen LogP contribution >= 0.6 is 0 Å². The molecular formula is C15H23NO2. The maximum Gasteiger partial charge on any atom is 0.307 e. The predicted octanol–water partition coefficient (Wildman–Crippen LogP) is 2.94. The molecule has 0 aliphatic rings. The SMILES string of the molecule is CCOC(=O)CC(N)c1ccc(C(C)(C)C)cc1. The average molecular weight is 249 g/mol. The largest absolute Gasteiger partial charge is 0.466 e. The molecule has 1 rings (SSSR count). The first-order valence-corrected chi connectivity index (χ1v) is 6.36. The van der Waals surface area contributed by atoms with Gasteiger partial charge in [-0.05, 0) is 23.5 Å². The van der Waals surface area contributed by atoms with Crippen LogP contribution in [0.5, 0.6) is 0 Å². The smallest absolute Gasteiger partial charge is 0.307 e. The standard InChI is InChI=1S/C15H23NO2/c1-5-18-14(17)10-13(16)11-6-8-12(9-7-11)15(2,3)4/h6-9,13H,5,10,16H2,1-4H3. The van der Waals surface area contributed by atoms with Gasteiger partial charge in [0.1, 0.15) is 0 Å². The molecule has 0 spiro atoms. The fraction of sp³-hybridized carbons (Fsp3) is 0.533. The van der Waals surface area contributed by atoms with Crippen molar-refractivity contribution < 1.29 is 9.53 Å². The number of ether oxygens (including phenoxy) is 1. The first kappa shape index (κ1) is 14.7. The lowest BCUT2D eigenvalue weighted by Crippen LogP contribution is -2.18. The summed E-state index contributed by atoms with van der Waals surface area (Å²) in [5.74, 6) is -0.245. The fourth-order valence-electron chi connectivity index (χ4n) is 1.75. The Morgan fingerprint density at radius 1 is 1.28 bits per heavy atom. The fourth-order valence-corrected chi connectivity index (χ4v) is 1.75. The molecule has 0 amide bonds. The molecule has 0 saturated heterocycles. The molecule has 3 nitrogen and oxygen atoms in total. The molecule has 0 aromatic heterocycles. The van der Waals surface area contributed by atoms with Crippen molar-refractivity contribution in [1.29, 1.82) is 0 Å². The van der Waals surface area contributed by atoms with Gasteiger partial charge in [0.2, 0.25) is 0 Å².